The highest BCUT2D eigenvalue weighted by molar-refractivity contribution is 7.53. The Morgan fingerprint density at radius 1 is 1.40 bits per heavy atom. The van der Waals surface area contributed by atoms with Crippen LogP contribution >= 0.6 is 7.60 Å². The molecule has 0 unspecified atom stereocenters. The molecule has 1 aliphatic heterocycles. The number of ether oxygens (including phenoxy) is 2. The Balaban J connectivity index is 2.06. The minimum absolute atomic E-state index is 0.117. The first kappa shape index (κ1) is 18.1. The van der Waals surface area contributed by atoms with Gasteiger partial charge >= 0.3 is 7.60 Å². The van der Waals surface area contributed by atoms with Gasteiger partial charge in [0.2, 0.25) is 0 Å². The van der Waals surface area contributed by atoms with Crippen molar-refractivity contribution < 1.29 is 33.3 Å². The maximum atomic E-state index is 12.3. The first-order valence-electron chi connectivity index (χ1n) is 7.15. The number of anilines is 1. The number of hydrogen-bond acceptors (Lipinski definition) is 11. The number of nitrogens with zero attached hydrogens (tertiary/aromatic N) is 4. The van der Waals surface area contributed by atoms with Crippen LogP contribution in [0.2, 0.25) is 0 Å². The summed E-state index contributed by atoms with van der Waals surface area (Å²) < 4.78 is 34.3. The lowest BCUT2D eigenvalue weighted by Gasteiger charge is -2.33. The monoisotopic (exact) mass is 375 g/mol. The second kappa shape index (κ2) is 6.57. The largest absolute Gasteiger partial charge is 0.388 e. The highest BCUT2D eigenvalue weighted by atomic mass is 31.2. The molecule has 0 radical (unpaired) electrons. The molecule has 3 atom stereocenters. The summed E-state index contributed by atoms with van der Waals surface area (Å²) in [6.45, 7) is -0.230. The van der Waals surface area contributed by atoms with Crippen molar-refractivity contribution in [3.8, 4) is 0 Å². The first-order chi connectivity index (χ1) is 11.9. The minimum Gasteiger partial charge on any atom is -0.388 e. The second-order valence-electron chi connectivity index (χ2n) is 5.25. The van der Waals surface area contributed by atoms with Crippen molar-refractivity contribution in [2.75, 3.05) is 32.9 Å². The molecule has 13 heteroatoms. The number of rotatable bonds is 6. The molecular formula is C12H18N5O7P. The van der Waals surface area contributed by atoms with Gasteiger partial charge in [0.1, 0.15) is 24.3 Å². The Kier molecular flexibility index (Phi) is 4.77. The van der Waals surface area contributed by atoms with Gasteiger partial charge in [-0.3, -0.25) is 9.13 Å². The molecule has 4 N–H and O–H groups in total. The number of hydrogen-bond donors (Lipinski definition) is 3. The fourth-order valence-corrected chi connectivity index (χ4v) is 3.17. The summed E-state index contributed by atoms with van der Waals surface area (Å²) in [7, 11) is -1.19. The molecular weight excluding hydrogens is 357 g/mol. The lowest BCUT2D eigenvalue weighted by atomic mass is 10.2. The minimum atomic E-state index is -3.58. The zero-order valence-corrected chi connectivity index (χ0v) is 14.4. The molecule has 1 fully saturated rings. The third kappa shape index (κ3) is 2.91. The highest BCUT2D eigenvalue weighted by Gasteiger charge is 2.54. The van der Waals surface area contributed by atoms with Crippen LogP contribution in [0.25, 0.3) is 11.2 Å². The van der Waals surface area contributed by atoms with Crippen molar-refractivity contribution >= 4 is 24.6 Å². The summed E-state index contributed by atoms with van der Waals surface area (Å²) in [6.07, 6.45) is -0.855. The fourth-order valence-electron chi connectivity index (χ4n) is 2.47. The van der Waals surface area contributed by atoms with Crippen molar-refractivity contribution in [3.05, 3.63) is 12.7 Å². The van der Waals surface area contributed by atoms with Crippen molar-refractivity contribution in [1.29, 1.82) is 0 Å². The molecule has 0 aliphatic carbocycles. The Morgan fingerprint density at radius 3 is 2.72 bits per heavy atom. The number of fused-ring (bicyclic) bond motifs is 1. The van der Waals surface area contributed by atoms with Crippen LogP contribution in [0.5, 0.6) is 0 Å². The van der Waals surface area contributed by atoms with Crippen LogP contribution in [0.3, 0.4) is 0 Å². The molecule has 0 bridgehead atoms. The highest BCUT2D eigenvalue weighted by Crippen LogP contribution is 2.49. The average molecular weight is 375 g/mol. The van der Waals surface area contributed by atoms with Crippen LogP contribution in [0.15, 0.2) is 12.7 Å². The lowest BCUT2D eigenvalue weighted by Crippen LogP contribution is -2.48. The quantitative estimate of drug-likeness (QED) is 0.543. The predicted octanol–water partition coefficient (Wildman–Crippen LogP) is -0.769. The summed E-state index contributed by atoms with van der Waals surface area (Å²) in [6, 6.07) is 0. The van der Waals surface area contributed by atoms with Gasteiger partial charge in [-0.15, -0.1) is 0 Å². The number of nitrogens with two attached hydrogens (primary N) is 1. The van der Waals surface area contributed by atoms with Gasteiger partial charge in [-0.05, 0) is 0 Å². The standard InChI is InChI=1S/C12H18N5O7P/c1-21-25(20,22-2)6-24-12(9(19)7(18)3-23-12)17-5-16-8-10(13)14-4-15-11(8)17/h4-5,7,9,18-19H,3,6H2,1-2H3,(H2,13,14,15)/t7-,9-,12+/m1/s1. The van der Waals surface area contributed by atoms with Crippen molar-refractivity contribution in [1.82, 2.24) is 19.5 Å². The van der Waals surface area contributed by atoms with E-state index in [-0.39, 0.29) is 23.6 Å². The predicted molar refractivity (Wildman–Crippen MR) is 83.3 cm³/mol. The van der Waals surface area contributed by atoms with Gasteiger partial charge in [-0.1, -0.05) is 0 Å². The fraction of sp³-hybridized carbons (Fsp3) is 0.583. The maximum absolute atomic E-state index is 12.3. The van der Waals surface area contributed by atoms with E-state index in [2.05, 4.69) is 15.0 Å². The van der Waals surface area contributed by atoms with Gasteiger partial charge in [0, 0.05) is 14.2 Å². The van der Waals surface area contributed by atoms with Crippen LogP contribution < -0.4 is 5.73 Å². The number of aromatic nitrogens is 4. The van der Waals surface area contributed by atoms with Gasteiger partial charge in [0.05, 0.1) is 6.61 Å². The average Bonchev–Trinajstić information content (AvgIpc) is 3.18. The summed E-state index contributed by atoms with van der Waals surface area (Å²) in [4.78, 5) is 12.0. The summed E-state index contributed by atoms with van der Waals surface area (Å²) in [5.74, 6) is -1.83. The second-order valence-corrected chi connectivity index (χ2v) is 7.46. The van der Waals surface area contributed by atoms with Crippen molar-refractivity contribution in [3.63, 3.8) is 0 Å². The van der Waals surface area contributed by atoms with E-state index >= 15 is 0 Å². The summed E-state index contributed by atoms with van der Waals surface area (Å²) in [5.41, 5.74) is 6.21. The lowest BCUT2D eigenvalue weighted by molar-refractivity contribution is -0.296. The number of nitrogen functional groups attached to an aromatic ring is 1. The Morgan fingerprint density at radius 2 is 2.12 bits per heavy atom. The van der Waals surface area contributed by atoms with Crippen LogP contribution in [-0.2, 0) is 29.0 Å². The molecule has 0 amide bonds. The Bertz CT molecular complexity index is 808. The van der Waals surface area contributed by atoms with Crippen LogP contribution in [0.4, 0.5) is 5.82 Å². The molecule has 0 spiro atoms. The molecule has 3 heterocycles. The van der Waals surface area contributed by atoms with Crippen molar-refractivity contribution in [2.24, 2.45) is 0 Å². The summed E-state index contributed by atoms with van der Waals surface area (Å²) >= 11 is 0. The van der Waals surface area contributed by atoms with E-state index in [1.54, 1.807) is 0 Å². The molecule has 3 rings (SSSR count). The summed E-state index contributed by atoms with van der Waals surface area (Å²) in [5, 5.41) is 20.4. The smallest absolute Gasteiger partial charge is 0.355 e. The van der Waals surface area contributed by atoms with E-state index in [1.807, 2.05) is 0 Å². The number of aliphatic hydroxyl groups is 2. The molecule has 1 aliphatic rings. The van der Waals surface area contributed by atoms with Gasteiger partial charge in [0.15, 0.2) is 23.9 Å². The molecule has 0 aromatic carbocycles. The van der Waals surface area contributed by atoms with E-state index in [4.69, 9.17) is 24.3 Å². The van der Waals surface area contributed by atoms with Gasteiger partial charge in [-0.2, -0.15) is 0 Å². The molecule has 0 saturated carbocycles. The zero-order chi connectivity index (χ0) is 18.2. The zero-order valence-electron chi connectivity index (χ0n) is 13.5. The molecule has 12 nitrogen and oxygen atoms in total. The Labute approximate surface area is 142 Å². The Hall–Kier alpha value is -1.66. The van der Waals surface area contributed by atoms with Crippen LogP contribution in [0.1, 0.15) is 0 Å². The van der Waals surface area contributed by atoms with E-state index in [1.165, 1.54) is 31.4 Å². The van der Waals surface area contributed by atoms with Crippen molar-refractivity contribution in [2.45, 2.75) is 18.1 Å². The SMILES string of the molecule is COP(=O)(CO[C@@]1(n2cnc3c(N)ncnc32)OC[C@@H](O)[C@H]1O)OC. The normalized spacial score (nSPS) is 27.2. The van der Waals surface area contributed by atoms with Gasteiger partial charge < -0.3 is 34.5 Å². The van der Waals surface area contributed by atoms with Gasteiger partial charge in [-0.25, -0.2) is 15.0 Å². The maximum Gasteiger partial charge on any atom is 0.355 e. The van der Waals surface area contributed by atoms with E-state index in [0.717, 1.165) is 0 Å². The van der Waals surface area contributed by atoms with Crippen LogP contribution in [0, 0.1) is 0 Å². The molecule has 2 aromatic rings. The number of imidazole rings is 1. The topological polar surface area (TPSA) is 164 Å². The first-order valence-corrected chi connectivity index (χ1v) is 8.88. The van der Waals surface area contributed by atoms with E-state index < -0.39 is 32.1 Å². The molecule has 25 heavy (non-hydrogen) atoms. The third-order valence-corrected chi connectivity index (χ3v) is 5.44. The third-order valence-electron chi connectivity index (χ3n) is 3.88. The molecule has 1 saturated heterocycles. The van der Waals surface area contributed by atoms with E-state index in [9.17, 15) is 14.8 Å². The number of aliphatic hydroxyl groups excluding tert-OH is 2. The van der Waals surface area contributed by atoms with E-state index in [0.29, 0.717) is 0 Å². The molecule has 138 valence electrons. The van der Waals surface area contributed by atoms with Gasteiger partial charge in [0.25, 0.3) is 5.91 Å². The van der Waals surface area contributed by atoms with Crippen LogP contribution in [-0.4, -0.2) is 69.1 Å². The molecule has 2 aromatic heterocycles.